The molecule has 0 saturated carbocycles. The third kappa shape index (κ3) is 2.76. The molecular weight excluding hydrogens is 214 g/mol. The number of piperidine rings is 1. The predicted octanol–water partition coefficient (Wildman–Crippen LogP) is 1.06. The fourth-order valence-corrected chi connectivity index (χ4v) is 2.29. The van der Waals surface area contributed by atoms with Gasteiger partial charge in [0.05, 0.1) is 11.8 Å². The van der Waals surface area contributed by atoms with Gasteiger partial charge < -0.3 is 15.7 Å². The van der Waals surface area contributed by atoms with Crippen LogP contribution >= 0.6 is 0 Å². The van der Waals surface area contributed by atoms with E-state index in [1.54, 1.807) is 0 Å². The Morgan fingerprint density at radius 1 is 1.41 bits per heavy atom. The lowest BCUT2D eigenvalue weighted by molar-refractivity contribution is 0.145. The van der Waals surface area contributed by atoms with Crippen LogP contribution in [-0.4, -0.2) is 29.3 Å². The maximum atomic E-state index is 9.49. The minimum absolute atomic E-state index is 0.143. The summed E-state index contributed by atoms with van der Waals surface area (Å²) in [6.45, 7) is 4.37. The summed E-state index contributed by atoms with van der Waals surface area (Å²) >= 11 is 0. The molecule has 94 valence electrons. The van der Waals surface area contributed by atoms with Gasteiger partial charge in [0.2, 0.25) is 0 Å². The molecule has 0 aromatic carbocycles. The van der Waals surface area contributed by atoms with Crippen molar-refractivity contribution < 1.29 is 5.11 Å². The molecule has 4 heteroatoms. The molecule has 1 saturated heterocycles. The normalized spacial score (nSPS) is 17.5. The van der Waals surface area contributed by atoms with Crippen LogP contribution in [-0.2, 0) is 13.0 Å². The Labute approximate surface area is 102 Å². The van der Waals surface area contributed by atoms with Crippen molar-refractivity contribution in [2.24, 2.45) is 5.73 Å². The molecule has 2 rings (SSSR count). The molecule has 3 N–H and O–H groups in total. The van der Waals surface area contributed by atoms with Crippen LogP contribution in [0.1, 0.15) is 31.0 Å². The Balaban J connectivity index is 2.16. The van der Waals surface area contributed by atoms with E-state index in [0.717, 1.165) is 43.9 Å². The zero-order valence-electron chi connectivity index (χ0n) is 10.4. The van der Waals surface area contributed by atoms with Crippen molar-refractivity contribution >= 4 is 5.82 Å². The molecule has 0 radical (unpaired) electrons. The second kappa shape index (κ2) is 5.47. The van der Waals surface area contributed by atoms with Crippen LogP contribution in [0.4, 0.5) is 5.82 Å². The molecule has 1 aromatic rings. The minimum atomic E-state index is -0.143. The monoisotopic (exact) mass is 235 g/mol. The Bertz CT molecular complexity index is 373. The van der Waals surface area contributed by atoms with E-state index in [1.165, 1.54) is 5.56 Å². The Morgan fingerprint density at radius 3 is 2.71 bits per heavy atom. The molecule has 17 heavy (non-hydrogen) atoms. The van der Waals surface area contributed by atoms with Gasteiger partial charge in [-0.25, -0.2) is 4.98 Å². The Kier molecular flexibility index (Phi) is 3.97. The van der Waals surface area contributed by atoms with Crippen molar-refractivity contribution in [3.05, 3.63) is 23.4 Å². The zero-order chi connectivity index (χ0) is 12.3. The van der Waals surface area contributed by atoms with Crippen LogP contribution in [0.2, 0.25) is 0 Å². The molecule has 0 amide bonds. The highest BCUT2D eigenvalue weighted by Crippen LogP contribution is 2.20. The van der Waals surface area contributed by atoms with Gasteiger partial charge in [-0.05, 0) is 30.9 Å². The SMILES string of the molecule is CCc1ccc(N2CCC(O)CC2)nc1CN. The number of anilines is 1. The highest BCUT2D eigenvalue weighted by Gasteiger charge is 2.18. The highest BCUT2D eigenvalue weighted by molar-refractivity contribution is 5.42. The summed E-state index contributed by atoms with van der Waals surface area (Å²) in [6.07, 6.45) is 2.48. The molecule has 4 nitrogen and oxygen atoms in total. The van der Waals surface area contributed by atoms with E-state index in [0.29, 0.717) is 6.54 Å². The van der Waals surface area contributed by atoms with Crippen molar-refractivity contribution in [3.63, 3.8) is 0 Å². The summed E-state index contributed by atoms with van der Waals surface area (Å²) in [5.74, 6) is 0.995. The van der Waals surface area contributed by atoms with Crippen molar-refractivity contribution in [1.82, 2.24) is 4.98 Å². The topological polar surface area (TPSA) is 62.4 Å². The first kappa shape index (κ1) is 12.3. The van der Waals surface area contributed by atoms with E-state index in [9.17, 15) is 5.11 Å². The smallest absolute Gasteiger partial charge is 0.128 e. The molecule has 2 heterocycles. The number of aliphatic hydroxyl groups excluding tert-OH is 1. The van der Waals surface area contributed by atoms with E-state index >= 15 is 0 Å². The number of nitrogens with two attached hydrogens (primary N) is 1. The number of pyridine rings is 1. The van der Waals surface area contributed by atoms with Crippen LogP contribution in [0, 0.1) is 0 Å². The predicted molar refractivity (Wildman–Crippen MR) is 69.0 cm³/mol. The third-order valence-electron chi connectivity index (χ3n) is 3.42. The average Bonchev–Trinajstić information content (AvgIpc) is 2.39. The largest absolute Gasteiger partial charge is 0.393 e. The average molecular weight is 235 g/mol. The van der Waals surface area contributed by atoms with Gasteiger partial charge in [-0.15, -0.1) is 0 Å². The molecule has 0 unspecified atom stereocenters. The van der Waals surface area contributed by atoms with Gasteiger partial charge in [0, 0.05) is 19.6 Å². The molecule has 1 aromatic heterocycles. The molecular formula is C13H21N3O. The molecule has 0 atom stereocenters. The van der Waals surface area contributed by atoms with Crippen LogP contribution in [0.5, 0.6) is 0 Å². The van der Waals surface area contributed by atoms with Crippen LogP contribution in [0.25, 0.3) is 0 Å². The first-order valence-corrected chi connectivity index (χ1v) is 6.36. The maximum absolute atomic E-state index is 9.49. The maximum Gasteiger partial charge on any atom is 0.128 e. The highest BCUT2D eigenvalue weighted by atomic mass is 16.3. The van der Waals surface area contributed by atoms with Gasteiger partial charge in [0.15, 0.2) is 0 Å². The van der Waals surface area contributed by atoms with E-state index in [-0.39, 0.29) is 6.10 Å². The van der Waals surface area contributed by atoms with Crippen molar-refractivity contribution in [2.75, 3.05) is 18.0 Å². The van der Waals surface area contributed by atoms with Gasteiger partial charge in [0.1, 0.15) is 5.82 Å². The lowest BCUT2D eigenvalue weighted by Crippen LogP contribution is -2.36. The number of aromatic nitrogens is 1. The van der Waals surface area contributed by atoms with Gasteiger partial charge in [-0.1, -0.05) is 13.0 Å². The number of nitrogens with zero attached hydrogens (tertiary/aromatic N) is 2. The molecule has 0 spiro atoms. The first-order chi connectivity index (χ1) is 8.24. The Morgan fingerprint density at radius 2 is 2.12 bits per heavy atom. The molecule has 1 aliphatic heterocycles. The number of rotatable bonds is 3. The van der Waals surface area contributed by atoms with Gasteiger partial charge >= 0.3 is 0 Å². The number of hydrogen-bond acceptors (Lipinski definition) is 4. The van der Waals surface area contributed by atoms with Crippen molar-refractivity contribution in [3.8, 4) is 0 Å². The first-order valence-electron chi connectivity index (χ1n) is 6.36. The standard InChI is InChI=1S/C13H21N3O/c1-2-10-3-4-13(15-12(10)9-14)16-7-5-11(17)6-8-16/h3-4,11,17H,2,5-9,14H2,1H3. The van der Waals surface area contributed by atoms with E-state index in [2.05, 4.69) is 28.9 Å². The van der Waals surface area contributed by atoms with Crippen molar-refractivity contribution in [1.29, 1.82) is 0 Å². The lowest BCUT2D eigenvalue weighted by Gasteiger charge is -2.31. The summed E-state index contributed by atoms with van der Waals surface area (Å²) < 4.78 is 0. The Hall–Kier alpha value is -1.13. The molecule has 1 aliphatic rings. The summed E-state index contributed by atoms with van der Waals surface area (Å²) in [5, 5.41) is 9.49. The fraction of sp³-hybridized carbons (Fsp3) is 0.615. The van der Waals surface area contributed by atoms with Crippen molar-refractivity contribution in [2.45, 2.75) is 38.8 Å². The number of hydrogen-bond donors (Lipinski definition) is 2. The van der Waals surface area contributed by atoms with E-state index in [4.69, 9.17) is 5.73 Å². The molecule has 0 bridgehead atoms. The fourth-order valence-electron chi connectivity index (χ4n) is 2.29. The van der Waals surface area contributed by atoms with E-state index < -0.39 is 0 Å². The van der Waals surface area contributed by atoms with Gasteiger partial charge in [-0.3, -0.25) is 0 Å². The molecule has 0 aliphatic carbocycles. The van der Waals surface area contributed by atoms with E-state index in [1.807, 2.05) is 0 Å². The quantitative estimate of drug-likeness (QED) is 0.822. The van der Waals surface area contributed by atoms with Crippen LogP contribution in [0.15, 0.2) is 12.1 Å². The summed E-state index contributed by atoms with van der Waals surface area (Å²) in [5.41, 5.74) is 7.95. The van der Waals surface area contributed by atoms with Gasteiger partial charge in [-0.2, -0.15) is 0 Å². The van der Waals surface area contributed by atoms with Gasteiger partial charge in [0.25, 0.3) is 0 Å². The summed E-state index contributed by atoms with van der Waals surface area (Å²) in [6, 6.07) is 4.19. The summed E-state index contributed by atoms with van der Waals surface area (Å²) in [7, 11) is 0. The van der Waals surface area contributed by atoms with Crippen LogP contribution in [0.3, 0.4) is 0 Å². The minimum Gasteiger partial charge on any atom is -0.393 e. The lowest BCUT2D eigenvalue weighted by atomic mass is 10.1. The van der Waals surface area contributed by atoms with Crippen LogP contribution < -0.4 is 10.6 Å². The second-order valence-electron chi connectivity index (χ2n) is 4.55. The number of aryl methyl sites for hydroxylation is 1. The summed E-state index contributed by atoms with van der Waals surface area (Å²) in [4.78, 5) is 6.86. The number of aliphatic hydroxyl groups is 1. The second-order valence-corrected chi connectivity index (χ2v) is 4.55. The molecule has 1 fully saturated rings. The zero-order valence-corrected chi connectivity index (χ0v) is 10.4. The third-order valence-corrected chi connectivity index (χ3v) is 3.42.